The number of carbonyl (C=O) groups is 4. The molecule has 17 heteroatoms. The third-order valence-electron chi connectivity index (χ3n) is 13.1. The van der Waals surface area contributed by atoms with Gasteiger partial charge in [0.2, 0.25) is 11.8 Å². The molecule has 9 rings (SSSR count). The van der Waals surface area contributed by atoms with Crippen molar-refractivity contribution in [2.24, 2.45) is 0 Å². The summed E-state index contributed by atoms with van der Waals surface area (Å²) >= 11 is 5.92. The van der Waals surface area contributed by atoms with Crippen LogP contribution in [0.15, 0.2) is 194 Å². The molecule has 1 aliphatic rings. The molecule has 1 N–H and O–H groups in total. The van der Waals surface area contributed by atoms with Crippen LogP contribution in [-0.4, -0.2) is 48.1 Å². The Labute approximate surface area is 470 Å². The average Bonchev–Trinajstić information content (AvgIpc) is 3.48. The monoisotopic (exact) mass is 1120 g/mol. The van der Waals surface area contributed by atoms with Crippen LogP contribution in [0.5, 0.6) is 11.5 Å². The van der Waals surface area contributed by atoms with E-state index in [0.717, 1.165) is 35.4 Å². The Bertz CT molecular complexity index is 3510. The molecule has 8 aromatic rings. The van der Waals surface area contributed by atoms with Gasteiger partial charge in [0.1, 0.15) is 37.1 Å². The zero-order chi connectivity index (χ0) is 58.0. The van der Waals surface area contributed by atoms with Crippen LogP contribution in [-0.2, 0) is 35.2 Å². The fraction of sp³-hybridized carbons (Fsp3) is 0.188. The second-order valence-corrected chi connectivity index (χ2v) is 19.6. The Morgan fingerprint density at radius 1 is 0.580 bits per heavy atom. The lowest BCUT2D eigenvalue weighted by molar-refractivity contribution is -0.138. The predicted molar refractivity (Wildman–Crippen MR) is 304 cm³/mol. The number of hydrogen-bond donors (Lipinski definition) is 1. The lowest BCUT2D eigenvalue weighted by atomic mass is 9.97. The van der Waals surface area contributed by atoms with Crippen LogP contribution in [0.2, 0.25) is 0 Å². The third kappa shape index (κ3) is 14.1. The number of anilines is 4. The summed E-state index contributed by atoms with van der Waals surface area (Å²) in [6, 6.07) is 51.8. The predicted octanol–water partition coefficient (Wildman–Crippen LogP) is 15.5. The van der Waals surface area contributed by atoms with Gasteiger partial charge in [0.05, 0.1) is 33.9 Å². The molecule has 0 aliphatic carbocycles. The van der Waals surface area contributed by atoms with Gasteiger partial charge in [-0.3, -0.25) is 24.1 Å². The molecule has 1 heterocycles. The van der Waals surface area contributed by atoms with Crippen molar-refractivity contribution in [3.05, 3.63) is 228 Å². The van der Waals surface area contributed by atoms with Crippen LogP contribution in [0, 0.1) is 0 Å². The van der Waals surface area contributed by atoms with Crippen LogP contribution in [0.3, 0.4) is 0 Å². The first-order valence-electron chi connectivity index (χ1n) is 25.7. The van der Waals surface area contributed by atoms with Crippen LogP contribution in [0.1, 0.15) is 70.7 Å². The van der Waals surface area contributed by atoms with Gasteiger partial charge in [0, 0.05) is 35.3 Å². The molecule has 1 aliphatic heterocycles. The highest BCUT2D eigenvalue weighted by atomic mass is 35.5. The minimum atomic E-state index is -4.47. The molecule has 0 saturated heterocycles. The molecule has 0 bridgehead atoms. The summed E-state index contributed by atoms with van der Waals surface area (Å²) in [6.07, 6.45) is -8.93. The van der Waals surface area contributed by atoms with E-state index in [0.29, 0.717) is 69.7 Å². The molecule has 8 aromatic carbocycles. The SMILES string of the molecule is CC(C)N(C(=O)CCl)c1cc(OCc2ccccc2)ccc1NC(=O)c1ccccc1-c1ccc(C(F)(F)F)cc1.CC(C)N1C(=O)CN(C(=O)c2ccccc2-c2ccc(C(F)(F)F)cc2)c2ccc(OCc3ccccc3)cc21. The number of amides is 4. The number of nitrogens with zero attached hydrogens (tertiary/aromatic N) is 3. The number of ether oxygens (including phenoxy) is 2. The first-order valence-corrected chi connectivity index (χ1v) is 26.2. The van der Waals surface area contributed by atoms with E-state index in [1.54, 1.807) is 89.8 Å². The highest BCUT2D eigenvalue weighted by molar-refractivity contribution is 6.29. The quantitative estimate of drug-likeness (QED) is 0.0809. The van der Waals surface area contributed by atoms with E-state index < -0.39 is 35.3 Å². The van der Waals surface area contributed by atoms with Crippen molar-refractivity contribution in [3.8, 4) is 33.8 Å². The van der Waals surface area contributed by atoms with Gasteiger partial charge in [-0.2, -0.15) is 26.3 Å². The Hall–Kier alpha value is -8.89. The molecule has 0 atom stereocenters. The van der Waals surface area contributed by atoms with Crippen LogP contribution in [0.4, 0.5) is 49.1 Å². The maximum absolute atomic E-state index is 13.9. The second kappa shape index (κ2) is 25.5. The van der Waals surface area contributed by atoms with E-state index in [1.165, 1.54) is 34.1 Å². The summed E-state index contributed by atoms with van der Waals surface area (Å²) in [5.41, 5.74) is 4.64. The summed E-state index contributed by atoms with van der Waals surface area (Å²) in [5, 5.41) is 2.88. The average molecular weight is 1130 g/mol. The molecule has 0 saturated carbocycles. The molecule has 0 spiro atoms. The summed E-state index contributed by atoms with van der Waals surface area (Å²) in [4.78, 5) is 58.2. The van der Waals surface area contributed by atoms with E-state index >= 15 is 0 Å². The number of halogens is 7. The molecule has 81 heavy (non-hydrogen) atoms. The third-order valence-corrected chi connectivity index (χ3v) is 13.3. The normalized spacial score (nSPS) is 12.3. The van der Waals surface area contributed by atoms with E-state index in [9.17, 15) is 45.5 Å². The molecular formula is C64H55ClF6N4O6. The Morgan fingerprint density at radius 3 is 1.54 bits per heavy atom. The highest BCUT2D eigenvalue weighted by Gasteiger charge is 2.36. The second-order valence-electron chi connectivity index (χ2n) is 19.3. The van der Waals surface area contributed by atoms with Crippen molar-refractivity contribution < 1.29 is 55.0 Å². The maximum atomic E-state index is 13.9. The van der Waals surface area contributed by atoms with Crippen LogP contribution >= 0.6 is 11.6 Å². The van der Waals surface area contributed by atoms with E-state index in [1.807, 2.05) is 88.4 Å². The minimum absolute atomic E-state index is 0.160. The lowest BCUT2D eigenvalue weighted by Gasteiger charge is -2.38. The molecule has 0 unspecified atom stereocenters. The summed E-state index contributed by atoms with van der Waals surface area (Å²) in [6.45, 7) is 7.93. The zero-order valence-corrected chi connectivity index (χ0v) is 45.2. The number of hydrogen-bond acceptors (Lipinski definition) is 6. The van der Waals surface area contributed by atoms with Crippen molar-refractivity contribution in [2.45, 2.75) is 65.3 Å². The molecule has 10 nitrogen and oxygen atoms in total. The number of alkyl halides is 7. The Morgan fingerprint density at radius 2 is 1.05 bits per heavy atom. The van der Waals surface area contributed by atoms with Crippen molar-refractivity contribution in [1.29, 1.82) is 0 Å². The fourth-order valence-corrected chi connectivity index (χ4v) is 9.34. The minimum Gasteiger partial charge on any atom is -0.489 e. The summed E-state index contributed by atoms with van der Waals surface area (Å²) in [5.74, 6) is -0.753. The molecular weight excluding hydrogens is 1070 g/mol. The molecule has 416 valence electrons. The smallest absolute Gasteiger partial charge is 0.416 e. The largest absolute Gasteiger partial charge is 0.489 e. The molecule has 0 fully saturated rings. The van der Waals surface area contributed by atoms with Crippen molar-refractivity contribution in [1.82, 2.24) is 0 Å². The van der Waals surface area contributed by atoms with Gasteiger partial charge < -0.3 is 24.6 Å². The van der Waals surface area contributed by atoms with E-state index in [2.05, 4.69) is 5.32 Å². The summed E-state index contributed by atoms with van der Waals surface area (Å²) in [7, 11) is 0. The van der Waals surface area contributed by atoms with Crippen molar-refractivity contribution in [2.75, 3.05) is 32.4 Å². The Kier molecular flexibility index (Phi) is 18.3. The highest BCUT2D eigenvalue weighted by Crippen LogP contribution is 2.41. The van der Waals surface area contributed by atoms with Crippen LogP contribution in [0.25, 0.3) is 22.3 Å². The van der Waals surface area contributed by atoms with Gasteiger partial charge in [-0.1, -0.05) is 121 Å². The lowest BCUT2D eigenvalue weighted by Crippen LogP contribution is -2.50. The van der Waals surface area contributed by atoms with E-state index in [4.69, 9.17) is 21.1 Å². The van der Waals surface area contributed by atoms with Gasteiger partial charge in [-0.15, -0.1) is 11.6 Å². The van der Waals surface area contributed by atoms with Gasteiger partial charge in [-0.25, -0.2) is 0 Å². The van der Waals surface area contributed by atoms with Crippen LogP contribution < -0.4 is 29.5 Å². The first kappa shape index (κ1) is 58.3. The number of rotatable bonds is 15. The fourth-order valence-electron chi connectivity index (χ4n) is 9.21. The van der Waals surface area contributed by atoms with Gasteiger partial charge >= 0.3 is 12.4 Å². The maximum Gasteiger partial charge on any atom is 0.416 e. The standard InChI is InChI=1S/C32H28ClF3N2O3.C32H27F3N2O3/c1-21(2)38(30(39)19-33)29-18-25(41-20-22-8-4-3-5-9-22)16-17-28(29)37-31(40)27-11-7-6-10-26(27)23-12-14-24(15-13-23)32(34,35)36;1-21(2)37-29-18-25(40-20-22-8-4-3-5-9-22)16-17-28(29)36(19-30(37)38)31(39)27-11-7-6-10-26(27)23-12-14-24(15-13-23)32(33,34)35/h3-18,21H,19-20H2,1-2H3,(H,37,40);3-18,21H,19-20H2,1-2H3. The number of benzene rings is 8. The molecule has 0 radical (unpaired) electrons. The Balaban J connectivity index is 0.000000212. The molecule has 0 aromatic heterocycles. The van der Waals surface area contributed by atoms with E-state index in [-0.39, 0.29) is 47.4 Å². The topological polar surface area (TPSA) is 108 Å². The zero-order valence-electron chi connectivity index (χ0n) is 44.4. The van der Waals surface area contributed by atoms with Gasteiger partial charge in [-0.05, 0) is 122 Å². The number of fused-ring (bicyclic) bond motifs is 1. The molecule has 4 amide bonds. The number of nitrogens with one attached hydrogen (secondary N) is 1. The van der Waals surface area contributed by atoms with Gasteiger partial charge in [0.25, 0.3) is 11.8 Å². The first-order chi connectivity index (χ1) is 38.7. The van der Waals surface area contributed by atoms with Crippen molar-refractivity contribution >= 4 is 58.0 Å². The summed E-state index contributed by atoms with van der Waals surface area (Å²) < 4.78 is 90.4. The van der Waals surface area contributed by atoms with Crippen molar-refractivity contribution in [3.63, 3.8) is 0 Å². The number of carbonyl (C=O) groups excluding carboxylic acids is 4. The van der Waals surface area contributed by atoms with Gasteiger partial charge in [0.15, 0.2) is 0 Å².